The number of hydrogen-bond acceptors (Lipinski definition) is 3. The van der Waals surface area contributed by atoms with E-state index >= 15 is 0 Å². The van der Waals surface area contributed by atoms with Gasteiger partial charge in [0, 0.05) is 12.1 Å². The van der Waals surface area contributed by atoms with Crippen LogP contribution in [0.25, 0.3) is 0 Å². The summed E-state index contributed by atoms with van der Waals surface area (Å²) in [6.45, 7) is 2.13. The molecule has 6 heteroatoms. The lowest BCUT2D eigenvalue weighted by Crippen LogP contribution is -2.51. The third-order valence-electron chi connectivity index (χ3n) is 3.84. The average Bonchev–Trinajstić information content (AvgIpc) is 2.37. The van der Waals surface area contributed by atoms with Crippen molar-refractivity contribution < 1.29 is 8.42 Å². The van der Waals surface area contributed by atoms with Crippen molar-refractivity contribution in [2.24, 2.45) is 5.73 Å². The standard InChI is InChI=1S/C14H21ClN2O2S/c1-11-5-6-13(12(15)9-11)20(18,19)17-10-14(16)7-3-2-4-8-14/h5-6,9,17H,2-4,7-8,10,16H2,1H3. The van der Waals surface area contributed by atoms with E-state index in [2.05, 4.69) is 4.72 Å². The van der Waals surface area contributed by atoms with Crippen LogP contribution in [0, 0.1) is 6.92 Å². The highest BCUT2D eigenvalue weighted by Gasteiger charge is 2.29. The number of benzene rings is 1. The summed E-state index contributed by atoms with van der Waals surface area (Å²) in [5, 5.41) is 0.243. The van der Waals surface area contributed by atoms with Gasteiger partial charge in [0.1, 0.15) is 4.90 Å². The maximum Gasteiger partial charge on any atom is 0.242 e. The Morgan fingerprint density at radius 1 is 1.30 bits per heavy atom. The number of nitrogens with one attached hydrogen (secondary N) is 1. The summed E-state index contributed by atoms with van der Waals surface area (Å²) in [5.74, 6) is 0. The first-order chi connectivity index (χ1) is 9.32. The van der Waals surface area contributed by atoms with E-state index in [1.165, 1.54) is 12.5 Å². The molecule has 1 aliphatic carbocycles. The van der Waals surface area contributed by atoms with Crippen LogP contribution in [0.15, 0.2) is 23.1 Å². The Hall–Kier alpha value is -0.620. The summed E-state index contributed by atoms with van der Waals surface area (Å²) in [5.41, 5.74) is 6.75. The van der Waals surface area contributed by atoms with Crippen molar-refractivity contribution in [3.8, 4) is 0 Å². The van der Waals surface area contributed by atoms with E-state index in [0.717, 1.165) is 31.2 Å². The van der Waals surface area contributed by atoms with Crippen molar-refractivity contribution >= 4 is 21.6 Å². The molecule has 0 saturated heterocycles. The number of aryl methyl sites for hydroxylation is 1. The molecule has 1 aliphatic rings. The van der Waals surface area contributed by atoms with E-state index < -0.39 is 15.6 Å². The SMILES string of the molecule is Cc1ccc(S(=O)(=O)NCC2(N)CCCCC2)c(Cl)c1. The first kappa shape index (κ1) is 15.8. The van der Waals surface area contributed by atoms with Crippen molar-refractivity contribution in [2.45, 2.75) is 49.5 Å². The van der Waals surface area contributed by atoms with Gasteiger partial charge in [0.25, 0.3) is 0 Å². The third kappa shape index (κ3) is 3.73. The van der Waals surface area contributed by atoms with Gasteiger partial charge in [0.2, 0.25) is 10.0 Å². The molecule has 2 rings (SSSR count). The lowest BCUT2D eigenvalue weighted by molar-refractivity contribution is 0.296. The molecule has 0 unspecified atom stereocenters. The second kappa shape index (κ2) is 6.02. The van der Waals surface area contributed by atoms with Gasteiger partial charge in [0.05, 0.1) is 5.02 Å². The van der Waals surface area contributed by atoms with Gasteiger partial charge >= 0.3 is 0 Å². The fraction of sp³-hybridized carbons (Fsp3) is 0.571. The normalized spacial score (nSPS) is 18.9. The number of hydrogen-bond donors (Lipinski definition) is 2. The summed E-state index contributed by atoms with van der Waals surface area (Å²) < 4.78 is 27.2. The summed E-state index contributed by atoms with van der Waals surface area (Å²) in [6, 6.07) is 4.91. The van der Waals surface area contributed by atoms with Gasteiger partial charge in [-0.3, -0.25) is 0 Å². The maximum atomic E-state index is 12.3. The zero-order valence-corrected chi connectivity index (χ0v) is 13.2. The minimum atomic E-state index is -3.61. The predicted octanol–water partition coefficient (Wildman–Crippen LogP) is 2.59. The largest absolute Gasteiger partial charge is 0.324 e. The van der Waals surface area contributed by atoms with Crippen molar-refractivity contribution in [2.75, 3.05) is 6.54 Å². The molecular formula is C14H21ClN2O2S. The maximum absolute atomic E-state index is 12.3. The van der Waals surface area contributed by atoms with Gasteiger partial charge < -0.3 is 5.73 Å². The molecule has 4 nitrogen and oxygen atoms in total. The summed E-state index contributed by atoms with van der Waals surface area (Å²) in [7, 11) is -3.61. The van der Waals surface area contributed by atoms with Crippen molar-refractivity contribution in [3.05, 3.63) is 28.8 Å². The molecule has 1 aromatic rings. The van der Waals surface area contributed by atoms with Crippen LogP contribution in [0.4, 0.5) is 0 Å². The Morgan fingerprint density at radius 2 is 1.95 bits per heavy atom. The monoisotopic (exact) mass is 316 g/mol. The second-order valence-electron chi connectivity index (χ2n) is 5.68. The Morgan fingerprint density at radius 3 is 2.55 bits per heavy atom. The van der Waals surface area contributed by atoms with Crippen molar-refractivity contribution in [1.29, 1.82) is 0 Å². The van der Waals surface area contributed by atoms with E-state index in [4.69, 9.17) is 17.3 Å². The lowest BCUT2D eigenvalue weighted by Gasteiger charge is -2.33. The van der Waals surface area contributed by atoms with Crippen molar-refractivity contribution in [1.82, 2.24) is 4.72 Å². The second-order valence-corrected chi connectivity index (χ2v) is 7.82. The summed E-state index contributed by atoms with van der Waals surface area (Å²) in [6.07, 6.45) is 5.01. The number of sulfonamides is 1. The number of rotatable bonds is 4. The highest BCUT2D eigenvalue weighted by molar-refractivity contribution is 7.89. The van der Waals surface area contributed by atoms with E-state index in [0.29, 0.717) is 0 Å². The van der Waals surface area contributed by atoms with Crippen LogP contribution in [0.1, 0.15) is 37.7 Å². The molecular weight excluding hydrogens is 296 g/mol. The van der Waals surface area contributed by atoms with Crippen molar-refractivity contribution in [3.63, 3.8) is 0 Å². The molecule has 112 valence electrons. The first-order valence-corrected chi connectivity index (χ1v) is 8.73. The first-order valence-electron chi connectivity index (χ1n) is 6.87. The van der Waals surface area contributed by atoms with Crippen LogP contribution in [0.3, 0.4) is 0 Å². The van der Waals surface area contributed by atoms with Gasteiger partial charge in [0.15, 0.2) is 0 Å². The van der Waals surface area contributed by atoms with E-state index in [9.17, 15) is 8.42 Å². The number of halogens is 1. The highest BCUT2D eigenvalue weighted by atomic mass is 35.5. The Balaban J connectivity index is 2.11. The minimum absolute atomic E-state index is 0.115. The fourth-order valence-corrected chi connectivity index (χ4v) is 4.31. The smallest absolute Gasteiger partial charge is 0.242 e. The zero-order chi connectivity index (χ0) is 14.8. The van der Waals surface area contributed by atoms with Crippen LogP contribution >= 0.6 is 11.6 Å². The summed E-state index contributed by atoms with van der Waals surface area (Å²) in [4.78, 5) is 0.115. The van der Waals surface area contributed by atoms with Crippen LogP contribution in [-0.4, -0.2) is 20.5 Å². The van der Waals surface area contributed by atoms with Crippen LogP contribution in [0.5, 0.6) is 0 Å². The van der Waals surface area contributed by atoms with Gasteiger partial charge in [-0.15, -0.1) is 0 Å². The molecule has 20 heavy (non-hydrogen) atoms. The average molecular weight is 317 g/mol. The molecule has 0 aromatic heterocycles. The zero-order valence-electron chi connectivity index (χ0n) is 11.7. The van der Waals surface area contributed by atoms with Gasteiger partial charge in [-0.1, -0.05) is 36.9 Å². The van der Waals surface area contributed by atoms with Gasteiger partial charge in [-0.05, 0) is 37.5 Å². The topological polar surface area (TPSA) is 72.2 Å². The Kier molecular flexibility index (Phi) is 4.74. The summed E-state index contributed by atoms with van der Waals surface area (Å²) >= 11 is 6.02. The van der Waals surface area contributed by atoms with Crippen LogP contribution in [-0.2, 0) is 10.0 Å². The molecule has 0 amide bonds. The Bertz CT molecular complexity index is 581. The van der Waals surface area contributed by atoms with E-state index in [-0.39, 0.29) is 16.5 Å². The molecule has 1 saturated carbocycles. The molecule has 0 heterocycles. The quantitative estimate of drug-likeness (QED) is 0.896. The van der Waals surface area contributed by atoms with E-state index in [1.807, 2.05) is 6.92 Å². The molecule has 3 N–H and O–H groups in total. The van der Waals surface area contributed by atoms with Gasteiger partial charge in [-0.25, -0.2) is 13.1 Å². The highest BCUT2D eigenvalue weighted by Crippen LogP contribution is 2.27. The van der Waals surface area contributed by atoms with Gasteiger partial charge in [-0.2, -0.15) is 0 Å². The molecule has 1 fully saturated rings. The molecule has 0 spiro atoms. The predicted molar refractivity (Wildman–Crippen MR) is 81.4 cm³/mol. The molecule has 0 atom stereocenters. The minimum Gasteiger partial charge on any atom is -0.324 e. The fourth-order valence-electron chi connectivity index (χ4n) is 2.57. The molecule has 0 radical (unpaired) electrons. The number of nitrogens with two attached hydrogens (primary N) is 1. The Labute approximate surface area is 125 Å². The third-order valence-corrected chi connectivity index (χ3v) is 5.72. The molecule has 1 aromatic carbocycles. The van der Waals surface area contributed by atoms with Crippen LogP contribution in [0.2, 0.25) is 5.02 Å². The lowest BCUT2D eigenvalue weighted by atomic mass is 9.83. The van der Waals surface area contributed by atoms with Crippen LogP contribution < -0.4 is 10.5 Å². The molecule has 0 aliphatic heterocycles. The molecule has 0 bridgehead atoms. The van der Waals surface area contributed by atoms with E-state index in [1.54, 1.807) is 12.1 Å².